The standard InChI is InChI=1S/C12H24N2O2/c1-10(2)8-14(11-4-5-11)12(16)9-13(3)6-7-15/h10-11,15H,4-9H2,1-3H3. The van der Waals surface area contributed by atoms with Gasteiger partial charge in [0.25, 0.3) is 0 Å². The van der Waals surface area contributed by atoms with Crippen molar-refractivity contribution in [3.8, 4) is 0 Å². The number of hydrogen-bond acceptors (Lipinski definition) is 3. The van der Waals surface area contributed by atoms with E-state index in [0.717, 1.165) is 19.4 Å². The molecular weight excluding hydrogens is 204 g/mol. The van der Waals surface area contributed by atoms with Crippen LogP contribution in [0.4, 0.5) is 0 Å². The minimum Gasteiger partial charge on any atom is -0.395 e. The first kappa shape index (κ1) is 13.5. The summed E-state index contributed by atoms with van der Waals surface area (Å²) in [6.45, 7) is 6.23. The summed E-state index contributed by atoms with van der Waals surface area (Å²) in [5.74, 6) is 0.722. The van der Waals surface area contributed by atoms with Gasteiger partial charge in [0.15, 0.2) is 0 Å². The molecule has 0 bridgehead atoms. The number of hydrogen-bond donors (Lipinski definition) is 1. The Bertz CT molecular complexity index is 227. The van der Waals surface area contributed by atoms with Crippen molar-refractivity contribution in [2.45, 2.75) is 32.7 Å². The number of carbonyl (C=O) groups is 1. The van der Waals surface area contributed by atoms with E-state index in [2.05, 4.69) is 13.8 Å². The first-order valence-corrected chi connectivity index (χ1v) is 6.13. The number of rotatable bonds is 7. The van der Waals surface area contributed by atoms with Crippen molar-refractivity contribution in [3.05, 3.63) is 0 Å². The molecule has 1 fully saturated rings. The molecule has 0 spiro atoms. The van der Waals surface area contributed by atoms with Crippen LogP contribution < -0.4 is 0 Å². The minimum absolute atomic E-state index is 0.109. The Morgan fingerprint density at radius 2 is 2.06 bits per heavy atom. The number of nitrogens with zero attached hydrogens (tertiary/aromatic N) is 2. The van der Waals surface area contributed by atoms with Crippen molar-refractivity contribution in [3.63, 3.8) is 0 Å². The fourth-order valence-corrected chi connectivity index (χ4v) is 1.81. The molecule has 16 heavy (non-hydrogen) atoms. The predicted octanol–water partition coefficient (Wildman–Crippen LogP) is 0.557. The molecule has 1 aliphatic rings. The van der Waals surface area contributed by atoms with Crippen LogP contribution >= 0.6 is 0 Å². The van der Waals surface area contributed by atoms with Crippen molar-refractivity contribution >= 4 is 5.91 Å². The number of aliphatic hydroxyl groups is 1. The normalized spacial score (nSPS) is 15.9. The molecule has 0 radical (unpaired) electrons. The maximum Gasteiger partial charge on any atom is 0.236 e. The van der Waals surface area contributed by atoms with Crippen LogP contribution in [0.1, 0.15) is 26.7 Å². The smallest absolute Gasteiger partial charge is 0.236 e. The molecule has 4 heteroatoms. The van der Waals surface area contributed by atoms with Crippen molar-refractivity contribution in [2.24, 2.45) is 5.92 Å². The third kappa shape index (κ3) is 4.49. The van der Waals surface area contributed by atoms with Gasteiger partial charge < -0.3 is 10.0 Å². The summed E-state index contributed by atoms with van der Waals surface area (Å²) in [7, 11) is 1.87. The molecule has 0 aromatic rings. The van der Waals surface area contributed by atoms with Gasteiger partial charge in [-0.1, -0.05) is 13.8 Å². The SMILES string of the molecule is CC(C)CN(C(=O)CN(C)CCO)C1CC1. The van der Waals surface area contributed by atoms with Gasteiger partial charge in [0.2, 0.25) is 5.91 Å². The molecule has 1 amide bonds. The lowest BCUT2D eigenvalue weighted by atomic mass is 10.2. The van der Waals surface area contributed by atoms with Gasteiger partial charge in [-0.15, -0.1) is 0 Å². The largest absolute Gasteiger partial charge is 0.395 e. The van der Waals surface area contributed by atoms with E-state index in [1.54, 1.807) is 0 Å². The summed E-state index contributed by atoms with van der Waals surface area (Å²) in [5, 5.41) is 8.79. The number of amides is 1. The van der Waals surface area contributed by atoms with Gasteiger partial charge in [-0.05, 0) is 25.8 Å². The Hall–Kier alpha value is -0.610. The van der Waals surface area contributed by atoms with Gasteiger partial charge >= 0.3 is 0 Å². The van der Waals surface area contributed by atoms with Crippen molar-refractivity contribution in [1.82, 2.24) is 9.80 Å². The predicted molar refractivity (Wildman–Crippen MR) is 64.2 cm³/mol. The van der Waals surface area contributed by atoms with Crippen molar-refractivity contribution in [2.75, 3.05) is 33.3 Å². The minimum atomic E-state index is 0.109. The molecule has 94 valence electrons. The average molecular weight is 228 g/mol. The van der Waals surface area contributed by atoms with Crippen LogP contribution in [0.15, 0.2) is 0 Å². The summed E-state index contributed by atoms with van der Waals surface area (Å²) in [5.41, 5.74) is 0. The van der Waals surface area contributed by atoms with Gasteiger partial charge in [0, 0.05) is 19.1 Å². The quantitative estimate of drug-likeness (QED) is 0.692. The molecule has 0 aromatic carbocycles. The Balaban J connectivity index is 2.41. The molecule has 1 N–H and O–H groups in total. The third-order valence-electron chi connectivity index (χ3n) is 2.76. The van der Waals surface area contributed by atoms with Crippen LogP contribution in [0.3, 0.4) is 0 Å². The number of aliphatic hydroxyl groups excluding tert-OH is 1. The summed E-state index contributed by atoms with van der Waals surface area (Å²) in [6.07, 6.45) is 2.31. The van der Waals surface area contributed by atoms with Gasteiger partial charge in [0.05, 0.1) is 13.2 Å². The van der Waals surface area contributed by atoms with E-state index < -0.39 is 0 Å². The summed E-state index contributed by atoms with van der Waals surface area (Å²) >= 11 is 0. The highest BCUT2D eigenvalue weighted by atomic mass is 16.3. The van der Waals surface area contributed by atoms with Gasteiger partial charge in [-0.3, -0.25) is 9.69 Å². The van der Waals surface area contributed by atoms with E-state index >= 15 is 0 Å². The molecule has 1 saturated carbocycles. The second-order valence-electron chi connectivity index (χ2n) is 5.13. The molecule has 0 unspecified atom stereocenters. The summed E-state index contributed by atoms with van der Waals surface area (Å²) in [4.78, 5) is 15.9. The maximum atomic E-state index is 12.0. The molecular formula is C12H24N2O2. The molecule has 0 atom stereocenters. The van der Waals surface area contributed by atoms with E-state index in [-0.39, 0.29) is 12.5 Å². The monoisotopic (exact) mass is 228 g/mol. The van der Waals surface area contributed by atoms with E-state index in [9.17, 15) is 4.79 Å². The number of likely N-dealkylation sites (N-methyl/N-ethyl adjacent to an activating group) is 1. The zero-order valence-electron chi connectivity index (χ0n) is 10.6. The van der Waals surface area contributed by atoms with E-state index in [1.165, 1.54) is 0 Å². The highest BCUT2D eigenvalue weighted by Gasteiger charge is 2.32. The van der Waals surface area contributed by atoms with Crippen LogP contribution in [0, 0.1) is 5.92 Å². The third-order valence-corrected chi connectivity index (χ3v) is 2.76. The fourth-order valence-electron chi connectivity index (χ4n) is 1.81. The second kappa shape index (κ2) is 6.21. The first-order valence-electron chi connectivity index (χ1n) is 6.13. The van der Waals surface area contributed by atoms with Crippen LogP contribution in [0.25, 0.3) is 0 Å². The van der Waals surface area contributed by atoms with Crippen LogP contribution in [0.2, 0.25) is 0 Å². The molecule has 0 saturated heterocycles. The van der Waals surface area contributed by atoms with E-state index in [4.69, 9.17) is 5.11 Å². The zero-order chi connectivity index (χ0) is 12.1. The lowest BCUT2D eigenvalue weighted by Gasteiger charge is -2.26. The maximum absolute atomic E-state index is 12.0. The van der Waals surface area contributed by atoms with Gasteiger partial charge in [-0.2, -0.15) is 0 Å². The topological polar surface area (TPSA) is 43.8 Å². The fraction of sp³-hybridized carbons (Fsp3) is 0.917. The summed E-state index contributed by atoms with van der Waals surface area (Å²) < 4.78 is 0. The summed E-state index contributed by atoms with van der Waals surface area (Å²) in [6, 6.07) is 0.484. The first-order chi connectivity index (χ1) is 7.54. The lowest BCUT2D eigenvalue weighted by molar-refractivity contribution is -0.133. The Morgan fingerprint density at radius 1 is 1.44 bits per heavy atom. The molecule has 1 aliphatic carbocycles. The molecule has 4 nitrogen and oxygen atoms in total. The zero-order valence-corrected chi connectivity index (χ0v) is 10.6. The number of carbonyl (C=O) groups excluding carboxylic acids is 1. The Morgan fingerprint density at radius 3 is 2.50 bits per heavy atom. The highest BCUT2D eigenvalue weighted by molar-refractivity contribution is 5.78. The van der Waals surface area contributed by atoms with Crippen LogP contribution in [0.5, 0.6) is 0 Å². The van der Waals surface area contributed by atoms with Crippen LogP contribution in [-0.4, -0.2) is 60.1 Å². The second-order valence-corrected chi connectivity index (χ2v) is 5.13. The van der Waals surface area contributed by atoms with Crippen molar-refractivity contribution in [1.29, 1.82) is 0 Å². The van der Waals surface area contributed by atoms with Gasteiger partial charge in [-0.25, -0.2) is 0 Å². The van der Waals surface area contributed by atoms with Crippen molar-refractivity contribution < 1.29 is 9.90 Å². The lowest BCUT2D eigenvalue weighted by Crippen LogP contribution is -2.42. The van der Waals surface area contributed by atoms with Crippen LogP contribution in [-0.2, 0) is 4.79 Å². The molecule has 0 aliphatic heterocycles. The molecule has 1 rings (SSSR count). The highest BCUT2D eigenvalue weighted by Crippen LogP contribution is 2.27. The molecule has 0 aromatic heterocycles. The van der Waals surface area contributed by atoms with E-state index in [1.807, 2.05) is 16.8 Å². The average Bonchev–Trinajstić information content (AvgIpc) is 2.97. The van der Waals surface area contributed by atoms with Gasteiger partial charge in [0.1, 0.15) is 0 Å². The Kier molecular flexibility index (Phi) is 5.22. The van der Waals surface area contributed by atoms with E-state index in [0.29, 0.717) is 25.0 Å². The molecule has 0 heterocycles. The Labute approximate surface area is 98.2 Å².